The van der Waals surface area contributed by atoms with Gasteiger partial charge in [0.15, 0.2) is 0 Å². The molecule has 0 spiro atoms. The molecule has 22 heavy (non-hydrogen) atoms. The minimum atomic E-state index is 0.504. The topological polar surface area (TPSA) is 38.9 Å². The lowest BCUT2D eigenvalue weighted by molar-refractivity contribution is 0.406. The summed E-state index contributed by atoms with van der Waals surface area (Å²) in [5.41, 5.74) is 3.31. The van der Waals surface area contributed by atoms with Crippen molar-refractivity contribution in [1.82, 2.24) is 10.1 Å². The number of aromatic nitrogens is 2. The molecule has 0 bridgehead atoms. The molecule has 0 saturated carbocycles. The first-order valence-corrected chi connectivity index (χ1v) is 7.87. The number of fused-ring (bicyclic) bond motifs is 1. The number of hydrogen-bond acceptors (Lipinski definition) is 3. The van der Waals surface area contributed by atoms with Crippen LogP contribution < -0.4 is 0 Å². The van der Waals surface area contributed by atoms with E-state index in [1.54, 1.807) is 6.26 Å². The van der Waals surface area contributed by atoms with E-state index in [4.69, 9.17) is 0 Å². The molecule has 0 aliphatic heterocycles. The van der Waals surface area contributed by atoms with Crippen LogP contribution in [0.1, 0.15) is 57.3 Å². The van der Waals surface area contributed by atoms with Gasteiger partial charge in [0.25, 0.3) is 0 Å². The van der Waals surface area contributed by atoms with Gasteiger partial charge in [-0.1, -0.05) is 57.1 Å². The van der Waals surface area contributed by atoms with Gasteiger partial charge < -0.3 is 4.52 Å². The SMILES string of the molecule is CC(C)c1ccc2ccccc2n1.CCC(C)c1ccon1. The third-order valence-corrected chi connectivity index (χ3v) is 3.79. The van der Waals surface area contributed by atoms with Crippen LogP contribution in [0.15, 0.2) is 53.3 Å². The highest BCUT2D eigenvalue weighted by Gasteiger charge is 2.03. The molecule has 0 fully saturated rings. The maximum absolute atomic E-state index is 4.69. The second-order valence-electron chi connectivity index (χ2n) is 5.82. The van der Waals surface area contributed by atoms with Crippen molar-refractivity contribution in [1.29, 1.82) is 0 Å². The smallest absolute Gasteiger partial charge is 0.124 e. The van der Waals surface area contributed by atoms with Crippen LogP contribution >= 0.6 is 0 Å². The van der Waals surface area contributed by atoms with Crippen molar-refractivity contribution < 1.29 is 4.52 Å². The molecular weight excluding hydrogens is 272 g/mol. The van der Waals surface area contributed by atoms with Gasteiger partial charge in [0.2, 0.25) is 0 Å². The maximum atomic E-state index is 4.69. The van der Waals surface area contributed by atoms with E-state index in [1.165, 1.54) is 11.1 Å². The molecule has 0 aliphatic rings. The maximum Gasteiger partial charge on any atom is 0.124 e. The van der Waals surface area contributed by atoms with Crippen molar-refractivity contribution >= 4 is 10.9 Å². The second-order valence-corrected chi connectivity index (χ2v) is 5.82. The summed E-state index contributed by atoms with van der Waals surface area (Å²) in [5, 5.41) is 5.03. The molecule has 2 aromatic heterocycles. The average Bonchev–Trinajstić information content (AvgIpc) is 3.08. The molecule has 3 nitrogen and oxygen atoms in total. The molecule has 3 heteroatoms. The van der Waals surface area contributed by atoms with E-state index in [0.29, 0.717) is 11.8 Å². The molecule has 0 amide bonds. The molecular formula is C19H24N2O. The number of hydrogen-bond donors (Lipinski definition) is 0. The van der Waals surface area contributed by atoms with Crippen molar-refractivity contribution in [3.8, 4) is 0 Å². The van der Waals surface area contributed by atoms with Crippen LogP contribution in [0.25, 0.3) is 10.9 Å². The molecule has 3 aromatic rings. The lowest BCUT2D eigenvalue weighted by Gasteiger charge is -2.04. The van der Waals surface area contributed by atoms with Gasteiger partial charge in [0.1, 0.15) is 6.26 Å². The average molecular weight is 296 g/mol. The summed E-state index contributed by atoms with van der Waals surface area (Å²) in [6.45, 7) is 8.60. The molecule has 1 atom stereocenters. The van der Waals surface area contributed by atoms with E-state index >= 15 is 0 Å². The quantitative estimate of drug-likeness (QED) is 0.636. The van der Waals surface area contributed by atoms with E-state index < -0.39 is 0 Å². The van der Waals surface area contributed by atoms with E-state index in [-0.39, 0.29) is 0 Å². The van der Waals surface area contributed by atoms with Crippen LogP contribution in [0.2, 0.25) is 0 Å². The largest absolute Gasteiger partial charge is 0.365 e. The van der Waals surface area contributed by atoms with Crippen LogP contribution in [0.4, 0.5) is 0 Å². The molecule has 1 aromatic carbocycles. The van der Waals surface area contributed by atoms with Gasteiger partial charge in [0, 0.05) is 23.1 Å². The van der Waals surface area contributed by atoms with Gasteiger partial charge in [-0.2, -0.15) is 0 Å². The Morgan fingerprint density at radius 1 is 0.955 bits per heavy atom. The Labute approximate surface area is 132 Å². The van der Waals surface area contributed by atoms with Crippen molar-refractivity contribution in [2.75, 3.05) is 0 Å². The lowest BCUT2D eigenvalue weighted by Crippen LogP contribution is -1.91. The van der Waals surface area contributed by atoms with E-state index in [1.807, 2.05) is 18.2 Å². The van der Waals surface area contributed by atoms with Gasteiger partial charge in [-0.25, -0.2) is 0 Å². The molecule has 0 saturated heterocycles. The molecule has 2 heterocycles. The highest BCUT2D eigenvalue weighted by atomic mass is 16.5. The minimum absolute atomic E-state index is 0.504. The number of nitrogens with zero attached hydrogens (tertiary/aromatic N) is 2. The fourth-order valence-electron chi connectivity index (χ4n) is 2.09. The number of benzene rings is 1. The van der Waals surface area contributed by atoms with Crippen LogP contribution in [0.5, 0.6) is 0 Å². The van der Waals surface area contributed by atoms with E-state index in [0.717, 1.165) is 17.6 Å². The van der Waals surface area contributed by atoms with Gasteiger partial charge in [-0.3, -0.25) is 4.98 Å². The minimum Gasteiger partial charge on any atom is -0.365 e. The summed E-state index contributed by atoms with van der Waals surface area (Å²) in [6.07, 6.45) is 2.73. The van der Waals surface area contributed by atoms with Crippen molar-refractivity contribution in [2.45, 2.75) is 46.0 Å². The summed E-state index contributed by atoms with van der Waals surface area (Å²) < 4.78 is 4.69. The number of pyridine rings is 1. The van der Waals surface area contributed by atoms with Crippen molar-refractivity contribution in [3.05, 3.63) is 60.1 Å². The van der Waals surface area contributed by atoms with Gasteiger partial charge >= 0.3 is 0 Å². The Hall–Kier alpha value is -2.16. The van der Waals surface area contributed by atoms with Crippen LogP contribution in [-0.4, -0.2) is 10.1 Å². The first-order chi connectivity index (χ1) is 10.6. The normalized spacial score (nSPS) is 12.0. The fourth-order valence-corrected chi connectivity index (χ4v) is 2.09. The summed E-state index contributed by atoms with van der Waals surface area (Å²) in [5.74, 6) is 1.04. The summed E-state index contributed by atoms with van der Waals surface area (Å²) in [6, 6.07) is 14.4. The highest BCUT2D eigenvalue weighted by molar-refractivity contribution is 5.78. The van der Waals surface area contributed by atoms with E-state index in [2.05, 4.69) is 66.6 Å². The second kappa shape index (κ2) is 7.74. The van der Waals surface area contributed by atoms with Gasteiger partial charge in [0.05, 0.1) is 11.2 Å². The van der Waals surface area contributed by atoms with Crippen molar-refractivity contribution in [3.63, 3.8) is 0 Å². The predicted octanol–water partition coefficient (Wildman–Crippen LogP) is 5.55. The highest BCUT2D eigenvalue weighted by Crippen LogP contribution is 2.17. The first kappa shape index (κ1) is 16.2. The summed E-state index contributed by atoms with van der Waals surface area (Å²) >= 11 is 0. The Bertz CT molecular complexity index is 689. The Balaban J connectivity index is 0.000000172. The Morgan fingerprint density at radius 2 is 1.73 bits per heavy atom. The van der Waals surface area contributed by atoms with Gasteiger partial charge in [-0.05, 0) is 24.5 Å². The van der Waals surface area contributed by atoms with Gasteiger partial charge in [-0.15, -0.1) is 0 Å². The standard InChI is InChI=1S/C12H13N.C7H11NO/c1-9(2)11-8-7-10-5-3-4-6-12(10)13-11;1-3-6(2)7-4-5-9-8-7/h3-9H,1-2H3;4-6H,3H2,1-2H3. The molecule has 1 unspecified atom stereocenters. The zero-order valence-electron chi connectivity index (χ0n) is 13.8. The van der Waals surface area contributed by atoms with Crippen LogP contribution in [0, 0.1) is 0 Å². The molecule has 0 aliphatic carbocycles. The lowest BCUT2D eigenvalue weighted by atomic mass is 10.1. The fraction of sp³-hybridized carbons (Fsp3) is 0.368. The third kappa shape index (κ3) is 4.17. The zero-order chi connectivity index (χ0) is 15.9. The Morgan fingerprint density at radius 3 is 2.36 bits per heavy atom. The molecule has 116 valence electrons. The van der Waals surface area contributed by atoms with Crippen LogP contribution in [-0.2, 0) is 0 Å². The Kier molecular flexibility index (Phi) is 5.70. The molecule has 3 rings (SSSR count). The first-order valence-electron chi connectivity index (χ1n) is 7.87. The van der Waals surface area contributed by atoms with Crippen LogP contribution in [0.3, 0.4) is 0 Å². The van der Waals surface area contributed by atoms with Crippen molar-refractivity contribution in [2.24, 2.45) is 0 Å². The monoisotopic (exact) mass is 296 g/mol. The molecule has 0 radical (unpaired) electrons. The molecule has 0 N–H and O–H groups in total. The summed E-state index contributed by atoms with van der Waals surface area (Å²) in [4.78, 5) is 4.57. The van der Waals surface area contributed by atoms with E-state index in [9.17, 15) is 0 Å². The number of rotatable bonds is 3. The zero-order valence-corrected chi connectivity index (χ0v) is 13.8. The summed E-state index contributed by atoms with van der Waals surface area (Å²) in [7, 11) is 0. The number of para-hydroxylation sites is 1. The third-order valence-electron chi connectivity index (χ3n) is 3.79. The predicted molar refractivity (Wildman–Crippen MR) is 91.0 cm³/mol.